The number of nitrogens with two attached hydrogens (primary N) is 1. The Balaban J connectivity index is 1.64. The summed E-state index contributed by atoms with van der Waals surface area (Å²) in [6, 6.07) is 5.30. The Bertz CT molecular complexity index is 927. The molecule has 2 saturated heterocycles. The van der Waals surface area contributed by atoms with Crippen LogP contribution in [0.15, 0.2) is 18.2 Å². The van der Waals surface area contributed by atoms with Crippen LogP contribution >= 0.6 is 0 Å². The number of piperidine rings is 1. The van der Waals surface area contributed by atoms with E-state index in [1.807, 2.05) is 17.0 Å². The zero-order chi connectivity index (χ0) is 24.8. The number of methoxy groups -OCH3 is 1. The van der Waals surface area contributed by atoms with Gasteiger partial charge in [-0.25, -0.2) is 12.8 Å². The third kappa shape index (κ3) is 5.72. The molecule has 0 radical (unpaired) electrons. The van der Waals surface area contributed by atoms with Crippen molar-refractivity contribution in [1.29, 1.82) is 0 Å². The van der Waals surface area contributed by atoms with Crippen molar-refractivity contribution >= 4 is 21.6 Å². The average molecular weight is 499 g/mol. The van der Waals surface area contributed by atoms with Crippen LogP contribution < -0.4 is 10.6 Å². The van der Waals surface area contributed by atoms with E-state index in [0.29, 0.717) is 39.3 Å². The van der Waals surface area contributed by atoms with Gasteiger partial charge in [-0.2, -0.15) is 4.31 Å². The number of carbonyl (C=O) groups excluding carboxylic acids is 1. The van der Waals surface area contributed by atoms with E-state index in [0.717, 1.165) is 36.9 Å². The fraction of sp³-hybridized carbons (Fsp3) is 0.708. The fourth-order valence-corrected chi connectivity index (χ4v) is 7.02. The third-order valence-electron chi connectivity index (χ3n) is 7.25. The topological polar surface area (TPSA) is 96.2 Å². The average Bonchev–Trinajstić information content (AvgIpc) is 2.84. The van der Waals surface area contributed by atoms with Crippen molar-refractivity contribution in [3.63, 3.8) is 0 Å². The van der Waals surface area contributed by atoms with Crippen LogP contribution in [0.5, 0.6) is 0 Å². The van der Waals surface area contributed by atoms with Gasteiger partial charge in [0, 0.05) is 58.6 Å². The number of nitrogens with zero attached hydrogens (tertiary/aromatic N) is 3. The molecule has 2 N–H and O–H groups in total. The molecule has 0 saturated carbocycles. The molecule has 8 nitrogen and oxygen atoms in total. The maximum atomic E-state index is 14.6. The summed E-state index contributed by atoms with van der Waals surface area (Å²) in [5, 5.41) is 0. The van der Waals surface area contributed by atoms with Gasteiger partial charge in [-0.3, -0.25) is 4.79 Å². The monoisotopic (exact) mass is 498 g/mol. The molecule has 10 heteroatoms. The van der Waals surface area contributed by atoms with Crippen molar-refractivity contribution in [1.82, 2.24) is 9.21 Å². The van der Waals surface area contributed by atoms with E-state index in [1.54, 1.807) is 13.2 Å². The number of likely N-dealkylation sites (tertiary alicyclic amines) is 1. The summed E-state index contributed by atoms with van der Waals surface area (Å²) in [7, 11) is -2.30. The van der Waals surface area contributed by atoms with Crippen molar-refractivity contribution in [2.75, 3.05) is 64.4 Å². The second-order valence-electron chi connectivity index (χ2n) is 9.32. The van der Waals surface area contributed by atoms with Gasteiger partial charge in [-0.1, -0.05) is 25.8 Å². The van der Waals surface area contributed by atoms with Gasteiger partial charge in [0.25, 0.3) is 0 Å². The Morgan fingerprint density at radius 3 is 2.35 bits per heavy atom. The molecule has 34 heavy (non-hydrogen) atoms. The summed E-state index contributed by atoms with van der Waals surface area (Å²) in [5.74, 6) is -0.987. The molecule has 2 fully saturated rings. The lowest BCUT2D eigenvalue weighted by atomic mass is 9.95. The van der Waals surface area contributed by atoms with E-state index in [-0.39, 0.29) is 31.7 Å². The smallest absolute Gasteiger partial charge is 0.240 e. The lowest BCUT2D eigenvalue weighted by Gasteiger charge is -2.43. The Morgan fingerprint density at radius 1 is 1.12 bits per heavy atom. The number of hydrogen-bond acceptors (Lipinski definition) is 6. The van der Waals surface area contributed by atoms with Crippen LogP contribution in [-0.2, 0) is 26.0 Å². The molecule has 192 valence electrons. The van der Waals surface area contributed by atoms with Gasteiger partial charge in [-0.05, 0) is 43.4 Å². The first-order chi connectivity index (χ1) is 16.2. The van der Waals surface area contributed by atoms with Crippen molar-refractivity contribution in [2.45, 2.75) is 50.2 Å². The third-order valence-corrected chi connectivity index (χ3v) is 9.89. The van der Waals surface area contributed by atoms with E-state index >= 15 is 0 Å². The normalized spacial score (nSPS) is 19.9. The molecule has 3 rings (SSSR count). The predicted molar refractivity (Wildman–Crippen MR) is 132 cm³/mol. The summed E-state index contributed by atoms with van der Waals surface area (Å²) in [4.78, 5) is 16.5. The number of ether oxygens (including phenoxy) is 1. The lowest BCUT2D eigenvalue weighted by Crippen LogP contribution is -2.63. The summed E-state index contributed by atoms with van der Waals surface area (Å²) < 4.78 is 46.7. The van der Waals surface area contributed by atoms with Crippen LogP contribution in [0, 0.1) is 5.82 Å². The number of sulfonamides is 1. The van der Waals surface area contributed by atoms with Gasteiger partial charge in [0.1, 0.15) is 5.82 Å². The van der Waals surface area contributed by atoms with E-state index < -0.39 is 20.7 Å². The van der Waals surface area contributed by atoms with Gasteiger partial charge in [0.2, 0.25) is 15.9 Å². The Kier molecular flexibility index (Phi) is 9.31. The molecule has 0 aliphatic carbocycles. The van der Waals surface area contributed by atoms with Gasteiger partial charge in [-0.15, -0.1) is 0 Å². The van der Waals surface area contributed by atoms with Crippen LogP contribution in [0.3, 0.4) is 0 Å². The number of amides is 1. The first kappa shape index (κ1) is 26.8. The van der Waals surface area contributed by atoms with Crippen molar-refractivity contribution < 1.29 is 22.3 Å². The molecule has 0 spiro atoms. The summed E-state index contributed by atoms with van der Waals surface area (Å²) in [5.41, 5.74) is 7.17. The highest BCUT2D eigenvalue weighted by atomic mass is 32.2. The van der Waals surface area contributed by atoms with E-state index in [4.69, 9.17) is 10.5 Å². The Morgan fingerprint density at radius 2 is 1.79 bits per heavy atom. The number of halogens is 1. The molecule has 0 aromatic heterocycles. The summed E-state index contributed by atoms with van der Waals surface area (Å²) in [6.07, 6.45) is 4.23. The minimum Gasteiger partial charge on any atom is -0.383 e. The summed E-state index contributed by atoms with van der Waals surface area (Å²) in [6.45, 7) is 5.68. The highest BCUT2D eigenvalue weighted by molar-refractivity contribution is 7.91. The molecule has 0 unspecified atom stereocenters. The zero-order valence-electron chi connectivity index (χ0n) is 20.5. The van der Waals surface area contributed by atoms with E-state index in [1.165, 1.54) is 4.31 Å². The van der Waals surface area contributed by atoms with Gasteiger partial charge < -0.3 is 20.3 Å². The number of rotatable bonds is 11. The first-order valence-electron chi connectivity index (χ1n) is 12.3. The predicted octanol–water partition coefficient (Wildman–Crippen LogP) is 1.98. The van der Waals surface area contributed by atoms with Crippen LogP contribution in [0.25, 0.3) is 0 Å². The maximum Gasteiger partial charge on any atom is 0.240 e. The summed E-state index contributed by atoms with van der Waals surface area (Å²) >= 11 is 0. The van der Waals surface area contributed by atoms with Crippen molar-refractivity contribution in [3.8, 4) is 0 Å². The second kappa shape index (κ2) is 11.8. The van der Waals surface area contributed by atoms with E-state index in [2.05, 4.69) is 11.8 Å². The molecule has 2 aliphatic heterocycles. The zero-order valence-corrected chi connectivity index (χ0v) is 21.3. The molecule has 2 aliphatic rings. The highest BCUT2D eigenvalue weighted by Gasteiger charge is 2.53. The van der Waals surface area contributed by atoms with E-state index in [9.17, 15) is 17.6 Å². The number of aryl methyl sites for hydroxylation is 1. The molecular weight excluding hydrogens is 459 g/mol. The Hall–Kier alpha value is -1.75. The number of benzene rings is 1. The van der Waals surface area contributed by atoms with Gasteiger partial charge in [0.15, 0.2) is 4.75 Å². The number of primary amides is 1. The number of anilines is 1. The Labute approximate surface area is 203 Å². The van der Waals surface area contributed by atoms with Gasteiger partial charge >= 0.3 is 0 Å². The van der Waals surface area contributed by atoms with Gasteiger partial charge in [0.05, 0.1) is 6.61 Å². The molecule has 0 bridgehead atoms. The largest absolute Gasteiger partial charge is 0.383 e. The SMILES string of the molecule is CCCCCc1ccc(N2CCN(S(=O)(=O)C3(C(N)=O)CCN(CCOC)CC3)CC2)cc1F. The van der Waals surface area contributed by atoms with Crippen molar-refractivity contribution in [2.24, 2.45) is 5.73 Å². The minimum absolute atomic E-state index is 0.180. The number of unbranched alkanes of at least 4 members (excludes halogenated alkanes) is 2. The molecule has 0 atom stereocenters. The molecular formula is C24H39FN4O4S. The quantitative estimate of drug-likeness (QED) is 0.469. The molecule has 1 aromatic carbocycles. The first-order valence-corrected chi connectivity index (χ1v) is 13.7. The molecule has 2 heterocycles. The number of carbonyl (C=O) groups is 1. The van der Waals surface area contributed by atoms with Crippen LogP contribution in [-0.4, -0.2) is 87.8 Å². The highest BCUT2D eigenvalue weighted by Crippen LogP contribution is 2.34. The number of piperazine rings is 1. The lowest BCUT2D eigenvalue weighted by molar-refractivity contribution is -0.121. The molecule has 1 amide bonds. The maximum absolute atomic E-state index is 14.6. The van der Waals surface area contributed by atoms with Crippen LogP contribution in [0.2, 0.25) is 0 Å². The standard InChI is InChI=1S/C24H39FN4O4S/c1-3-4-5-6-20-7-8-21(19-22(20)25)28-13-15-29(16-14-28)34(31,32)24(23(26)30)9-11-27(12-10-24)17-18-33-2/h7-8,19H,3-6,9-18H2,1-2H3,(H2,26,30). The fourth-order valence-electron chi connectivity index (χ4n) is 4.92. The van der Waals surface area contributed by atoms with Crippen LogP contribution in [0.4, 0.5) is 10.1 Å². The van der Waals surface area contributed by atoms with Crippen LogP contribution in [0.1, 0.15) is 44.6 Å². The number of hydrogen-bond donors (Lipinski definition) is 1. The molecule has 1 aromatic rings. The second-order valence-corrected chi connectivity index (χ2v) is 11.6. The van der Waals surface area contributed by atoms with Crippen molar-refractivity contribution in [3.05, 3.63) is 29.6 Å². The minimum atomic E-state index is -3.92.